The summed E-state index contributed by atoms with van der Waals surface area (Å²) < 4.78 is 0. The molecule has 0 saturated heterocycles. The Morgan fingerprint density at radius 2 is 2.08 bits per heavy atom. The topological polar surface area (TPSA) is 44.4 Å². The van der Waals surface area contributed by atoms with E-state index in [1.807, 2.05) is 21.0 Å². The molecule has 0 fully saturated rings. The smallest absolute Gasteiger partial charge is 0.236 e. The zero-order valence-corrected chi connectivity index (χ0v) is 9.05. The van der Waals surface area contributed by atoms with Crippen molar-refractivity contribution in [3.63, 3.8) is 0 Å². The van der Waals surface area contributed by atoms with Crippen molar-refractivity contribution in [1.82, 2.24) is 15.5 Å². The maximum absolute atomic E-state index is 11.2. The van der Waals surface area contributed by atoms with Gasteiger partial charge in [0.2, 0.25) is 5.91 Å². The highest BCUT2D eigenvalue weighted by Gasteiger charge is 2.15. The van der Waals surface area contributed by atoms with Crippen LogP contribution in [0.1, 0.15) is 13.3 Å². The standard InChI is InChI=1S/C9H21N3O/c1-8(9(13)11-3)12(4)7-5-6-10-2/h8,10H,5-7H2,1-4H3,(H,11,13). The van der Waals surface area contributed by atoms with Gasteiger partial charge in [-0.15, -0.1) is 0 Å². The molecule has 1 atom stereocenters. The first-order valence-corrected chi connectivity index (χ1v) is 4.70. The molecule has 0 heterocycles. The van der Waals surface area contributed by atoms with Crippen LogP contribution in [0.25, 0.3) is 0 Å². The number of likely N-dealkylation sites (N-methyl/N-ethyl adjacent to an activating group) is 2. The van der Waals surface area contributed by atoms with Gasteiger partial charge in [-0.2, -0.15) is 0 Å². The zero-order chi connectivity index (χ0) is 10.3. The van der Waals surface area contributed by atoms with Gasteiger partial charge in [0.25, 0.3) is 0 Å². The van der Waals surface area contributed by atoms with Crippen molar-refractivity contribution < 1.29 is 4.79 Å². The minimum absolute atomic E-state index is 0.0399. The van der Waals surface area contributed by atoms with E-state index in [2.05, 4.69) is 15.5 Å². The number of amides is 1. The van der Waals surface area contributed by atoms with Crippen molar-refractivity contribution in [2.24, 2.45) is 0 Å². The van der Waals surface area contributed by atoms with E-state index in [0.717, 1.165) is 19.5 Å². The van der Waals surface area contributed by atoms with Crippen molar-refractivity contribution in [3.05, 3.63) is 0 Å². The van der Waals surface area contributed by atoms with Gasteiger partial charge in [0.1, 0.15) is 0 Å². The second-order valence-corrected chi connectivity index (χ2v) is 3.23. The van der Waals surface area contributed by atoms with Crippen LogP contribution in [0.5, 0.6) is 0 Å². The molecule has 0 spiro atoms. The van der Waals surface area contributed by atoms with Gasteiger partial charge >= 0.3 is 0 Å². The van der Waals surface area contributed by atoms with Gasteiger partial charge in [-0.3, -0.25) is 9.69 Å². The molecule has 0 saturated carbocycles. The van der Waals surface area contributed by atoms with Crippen molar-refractivity contribution in [2.75, 3.05) is 34.2 Å². The van der Waals surface area contributed by atoms with Crippen LogP contribution in [0.2, 0.25) is 0 Å². The summed E-state index contributed by atoms with van der Waals surface area (Å²) in [5.41, 5.74) is 0. The number of carbonyl (C=O) groups is 1. The highest BCUT2D eigenvalue weighted by molar-refractivity contribution is 5.80. The lowest BCUT2D eigenvalue weighted by atomic mass is 10.2. The average molecular weight is 187 g/mol. The minimum atomic E-state index is -0.0399. The van der Waals surface area contributed by atoms with Crippen molar-refractivity contribution in [2.45, 2.75) is 19.4 Å². The normalized spacial score (nSPS) is 13.0. The van der Waals surface area contributed by atoms with Crippen LogP contribution in [0.15, 0.2) is 0 Å². The Morgan fingerprint density at radius 1 is 1.46 bits per heavy atom. The van der Waals surface area contributed by atoms with Gasteiger partial charge < -0.3 is 10.6 Å². The summed E-state index contributed by atoms with van der Waals surface area (Å²) in [6.07, 6.45) is 1.06. The summed E-state index contributed by atoms with van der Waals surface area (Å²) in [7, 11) is 5.57. The number of nitrogens with one attached hydrogen (secondary N) is 2. The van der Waals surface area contributed by atoms with E-state index >= 15 is 0 Å². The van der Waals surface area contributed by atoms with Gasteiger partial charge in [-0.05, 0) is 40.5 Å². The molecule has 13 heavy (non-hydrogen) atoms. The van der Waals surface area contributed by atoms with Crippen LogP contribution in [0.3, 0.4) is 0 Å². The zero-order valence-electron chi connectivity index (χ0n) is 9.05. The Kier molecular flexibility index (Phi) is 6.54. The molecule has 0 rings (SSSR count). The molecule has 1 unspecified atom stereocenters. The van der Waals surface area contributed by atoms with Gasteiger partial charge in [-0.25, -0.2) is 0 Å². The van der Waals surface area contributed by atoms with Gasteiger partial charge in [-0.1, -0.05) is 0 Å². The summed E-state index contributed by atoms with van der Waals surface area (Å²) >= 11 is 0. The number of hydrogen-bond donors (Lipinski definition) is 2. The largest absolute Gasteiger partial charge is 0.358 e. The second kappa shape index (κ2) is 6.86. The summed E-state index contributed by atoms with van der Waals surface area (Å²) in [6.45, 7) is 3.85. The van der Waals surface area contributed by atoms with Gasteiger partial charge in [0.15, 0.2) is 0 Å². The summed E-state index contributed by atoms with van der Waals surface area (Å²) in [5.74, 6) is 0.0759. The van der Waals surface area contributed by atoms with Crippen molar-refractivity contribution in [1.29, 1.82) is 0 Å². The summed E-state index contributed by atoms with van der Waals surface area (Å²) in [5, 5.41) is 5.72. The minimum Gasteiger partial charge on any atom is -0.358 e. The lowest BCUT2D eigenvalue weighted by Gasteiger charge is -2.22. The molecule has 4 nitrogen and oxygen atoms in total. The molecule has 0 aromatic rings. The first-order valence-electron chi connectivity index (χ1n) is 4.70. The van der Waals surface area contributed by atoms with E-state index < -0.39 is 0 Å². The average Bonchev–Trinajstić information content (AvgIpc) is 2.15. The molecule has 78 valence electrons. The molecule has 0 bridgehead atoms. The van der Waals surface area contributed by atoms with E-state index in [4.69, 9.17) is 0 Å². The van der Waals surface area contributed by atoms with Crippen molar-refractivity contribution >= 4 is 5.91 Å². The molecule has 0 aromatic heterocycles. The molecule has 0 aromatic carbocycles. The van der Waals surface area contributed by atoms with Crippen LogP contribution in [-0.2, 0) is 4.79 Å². The van der Waals surface area contributed by atoms with Gasteiger partial charge in [0, 0.05) is 7.05 Å². The van der Waals surface area contributed by atoms with Crippen LogP contribution in [-0.4, -0.2) is 51.1 Å². The lowest BCUT2D eigenvalue weighted by Crippen LogP contribution is -2.42. The Labute approximate surface area is 80.7 Å². The number of hydrogen-bond acceptors (Lipinski definition) is 3. The highest BCUT2D eigenvalue weighted by atomic mass is 16.2. The van der Waals surface area contributed by atoms with E-state index in [9.17, 15) is 4.79 Å². The Bertz CT molecular complexity index is 150. The summed E-state index contributed by atoms with van der Waals surface area (Å²) in [6, 6.07) is -0.0399. The maximum Gasteiger partial charge on any atom is 0.236 e. The fraction of sp³-hybridized carbons (Fsp3) is 0.889. The fourth-order valence-electron chi connectivity index (χ4n) is 1.11. The number of rotatable bonds is 6. The Hall–Kier alpha value is -0.610. The fourth-order valence-corrected chi connectivity index (χ4v) is 1.11. The first-order chi connectivity index (χ1) is 6.13. The predicted octanol–water partition coefficient (Wildman–Crippen LogP) is -0.338. The molecule has 2 N–H and O–H groups in total. The van der Waals surface area contributed by atoms with E-state index in [-0.39, 0.29) is 11.9 Å². The van der Waals surface area contributed by atoms with Crippen molar-refractivity contribution in [3.8, 4) is 0 Å². The quantitative estimate of drug-likeness (QED) is 0.559. The summed E-state index contributed by atoms with van der Waals surface area (Å²) in [4.78, 5) is 13.3. The van der Waals surface area contributed by atoms with Crippen LogP contribution < -0.4 is 10.6 Å². The Balaban J connectivity index is 3.68. The maximum atomic E-state index is 11.2. The molecule has 4 heteroatoms. The molecule has 1 amide bonds. The van der Waals surface area contributed by atoms with E-state index in [1.165, 1.54) is 0 Å². The third-order valence-electron chi connectivity index (χ3n) is 2.22. The third kappa shape index (κ3) is 4.85. The molecular weight excluding hydrogens is 166 g/mol. The highest BCUT2D eigenvalue weighted by Crippen LogP contribution is 1.96. The molecule has 0 aliphatic heterocycles. The van der Waals surface area contributed by atoms with Gasteiger partial charge in [0.05, 0.1) is 6.04 Å². The number of carbonyl (C=O) groups excluding carboxylic acids is 1. The van der Waals surface area contributed by atoms with Crippen LogP contribution >= 0.6 is 0 Å². The molecule has 0 aliphatic rings. The monoisotopic (exact) mass is 187 g/mol. The van der Waals surface area contributed by atoms with E-state index in [1.54, 1.807) is 7.05 Å². The van der Waals surface area contributed by atoms with Crippen LogP contribution in [0.4, 0.5) is 0 Å². The van der Waals surface area contributed by atoms with Crippen LogP contribution in [0, 0.1) is 0 Å². The van der Waals surface area contributed by atoms with E-state index in [0.29, 0.717) is 0 Å². The molecule has 0 aliphatic carbocycles. The predicted molar refractivity (Wildman–Crippen MR) is 54.7 cm³/mol. The lowest BCUT2D eigenvalue weighted by molar-refractivity contribution is -0.124. The first kappa shape index (κ1) is 12.4. The molecular formula is C9H21N3O. The Morgan fingerprint density at radius 3 is 2.54 bits per heavy atom. The SMILES string of the molecule is CNCCCN(C)C(C)C(=O)NC. The third-order valence-corrected chi connectivity index (χ3v) is 2.22. The second-order valence-electron chi connectivity index (χ2n) is 3.23. The molecule has 0 radical (unpaired) electrons. The number of nitrogens with zero attached hydrogens (tertiary/aromatic N) is 1.